The van der Waals surface area contributed by atoms with Crippen LogP contribution >= 0.6 is 11.3 Å². The first-order valence-electron chi connectivity index (χ1n) is 5.61. The number of aromatic nitrogens is 1. The molecule has 4 nitrogen and oxygen atoms in total. The van der Waals surface area contributed by atoms with Crippen molar-refractivity contribution in [1.82, 2.24) is 15.6 Å². The molecule has 1 fully saturated rings. The Bertz CT molecular complexity index is 377. The zero-order valence-electron chi connectivity index (χ0n) is 9.62. The lowest BCUT2D eigenvalue weighted by molar-refractivity contribution is 0.0918. The predicted molar refractivity (Wildman–Crippen MR) is 64.8 cm³/mol. The molecule has 0 radical (unpaired) electrons. The summed E-state index contributed by atoms with van der Waals surface area (Å²) < 4.78 is 0. The lowest BCUT2D eigenvalue weighted by atomic mass is 9.95. The number of piperidine rings is 1. The Balaban J connectivity index is 1.96. The molecule has 2 heterocycles. The van der Waals surface area contributed by atoms with Crippen molar-refractivity contribution in [3.63, 3.8) is 0 Å². The molecule has 1 aliphatic heterocycles. The van der Waals surface area contributed by atoms with Crippen molar-refractivity contribution in [1.29, 1.82) is 0 Å². The number of nitrogens with zero attached hydrogens (tertiary/aromatic N) is 1. The Morgan fingerprint density at radius 1 is 1.69 bits per heavy atom. The highest BCUT2D eigenvalue weighted by Crippen LogP contribution is 2.14. The molecule has 1 amide bonds. The highest BCUT2D eigenvalue weighted by atomic mass is 32.1. The molecule has 1 aromatic rings. The molecule has 88 valence electrons. The molecule has 1 aliphatic rings. The Morgan fingerprint density at radius 2 is 2.50 bits per heavy atom. The Labute approximate surface area is 99.5 Å². The molecule has 0 bridgehead atoms. The molecular formula is C11H17N3OS. The summed E-state index contributed by atoms with van der Waals surface area (Å²) in [6, 6.07) is 0.288. The lowest BCUT2D eigenvalue weighted by Gasteiger charge is -2.29. The van der Waals surface area contributed by atoms with Gasteiger partial charge in [-0.1, -0.05) is 6.92 Å². The van der Waals surface area contributed by atoms with Crippen LogP contribution in [-0.4, -0.2) is 30.0 Å². The molecule has 2 N–H and O–H groups in total. The minimum atomic E-state index is 0.0179. The van der Waals surface area contributed by atoms with Crippen molar-refractivity contribution in [3.05, 3.63) is 16.1 Å². The van der Waals surface area contributed by atoms with Gasteiger partial charge in [0.1, 0.15) is 4.88 Å². The van der Waals surface area contributed by atoms with E-state index in [1.54, 1.807) is 6.20 Å². The maximum atomic E-state index is 11.9. The van der Waals surface area contributed by atoms with Gasteiger partial charge in [0.2, 0.25) is 0 Å². The summed E-state index contributed by atoms with van der Waals surface area (Å²) in [5.41, 5.74) is 0. The number of hydrogen-bond donors (Lipinski definition) is 2. The molecule has 0 spiro atoms. The van der Waals surface area contributed by atoms with Crippen LogP contribution in [0.2, 0.25) is 0 Å². The number of nitrogens with one attached hydrogen (secondary N) is 2. The molecule has 2 rings (SSSR count). The summed E-state index contributed by atoms with van der Waals surface area (Å²) >= 11 is 1.45. The van der Waals surface area contributed by atoms with Gasteiger partial charge < -0.3 is 10.6 Å². The van der Waals surface area contributed by atoms with E-state index in [9.17, 15) is 4.79 Å². The zero-order valence-corrected chi connectivity index (χ0v) is 10.4. The highest BCUT2D eigenvalue weighted by molar-refractivity contribution is 7.13. The SMILES string of the molecule is Cc1ncc(C(=O)NC2CCNCC2C)s1. The van der Waals surface area contributed by atoms with E-state index in [1.807, 2.05) is 6.92 Å². The van der Waals surface area contributed by atoms with Crippen LogP contribution in [0.1, 0.15) is 28.0 Å². The van der Waals surface area contributed by atoms with Gasteiger partial charge in [-0.2, -0.15) is 0 Å². The van der Waals surface area contributed by atoms with E-state index in [1.165, 1.54) is 11.3 Å². The molecule has 1 saturated heterocycles. The van der Waals surface area contributed by atoms with Gasteiger partial charge in [-0.05, 0) is 32.4 Å². The number of hydrogen-bond acceptors (Lipinski definition) is 4. The summed E-state index contributed by atoms with van der Waals surface area (Å²) in [7, 11) is 0. The summed E-state index contributed by atoms with van der Waals surface area (Å²) in [4.78, 5) is 16.7. The number of thiazole rings is 1. The Morgan fingerprint density at radius 3 is 3.12 bits per heavy atom. The monoisotopic (exact) mass is 239 g/mol. The summed E-state index contributed by atoms with van der Waals surface area (Å²) in [5, 5.41) is 7.34. The van der Waals surface area contributed by atoms with Gasteiger partial charge in [0.25, 0.3) is 5.91 Å². The summed E-state index contributed by atoms with van der Waals surface area (Å²) in [6.07, 6.45) is 2.66. The van der Waals surface area contributed by atoms with Gasteiger partial charge in [0.15, 0.2) is 0 Å². The van der Waals surface area contributed by atoms with E-state index < -0.39 is 0 Å². The summed E-state index contributed by atoms with van der Waals surface area (Å²) in [5.74, 6) is 0.510. The van der Waals surface area contributed by atoms with E-state index in [2.05, 4.69) is 22.5 Å². The largest absolute Gasteiger partial charge is 0.348 e. The van der Waals surface area contributed by atoms with Crippen molar-refractivity contribution in [2.75, 3.05) is 13.1 Å². The standard InChI is InChI=1S/C11H17N3OS/c1-7-5-12-4-3-9(7)14-11(15)10-6-13-8(2)16-10/h6-7,9,12H,3-5H2,1-2H3,(H,14,15). The Kier molecular flexibility index (Phi) is 3.56. The number of carbonyl (C=O) groups excluding carboxylic acids is 1. The molecule has 0 aromatic carbocycles. The fourth-order valence-corrected chi connectivity index (χ4v) is 2.62. The van der Waals surface area contributed by atoms with E-state index >= 15 is 0 Å². The minimum Gasteiger partial charge on any atom is -0.348 e. The van der Waals surface area contributed by atoms with Crippen LogP contribution in [0, 0.1) is 12.8 Å². The molecule has 16 heavy (non-hydrogen) atoms. The van der Waals surface area contributed by atoms with E-state index in [0.717, 1.165) is 24.5 Å². The van der Waals surface area contributed by atoms with Crippen LogP contribution in [0.5, 0.6) is 0 Å². The maximum absolute atomic E-state index is 11.9. The van der Waals surface area contributed by atoms with Gasteiger partial charge in [0.05, 0.1) is 11.2 Å². The molecule has 0 saturated carbocycles. The molecule has 1 aromatic heterocycles. The number of rotatable bonds is 2. The van der Waals surface area contributed by atoms with Crippen LogP contribution in [0.3, 0.4) is 0 Å². The van der Waals surface area contributed by atoms with E-state index in [-0.39, 0.29) is 11.9 Å². The van der Waals surface area contributed by atoms with E-state index in [0.29, 0.717) is 10.8 Å². The van der Waals surface area contributed by atoms with Crippen molar-refractivity contribution in [3.8, 4) is 0 Å². The van der Waals surface area contributed by atoms with Gasteiger partial charge >= 0.3 is 0 Å². The molecule has 5 heteroatoms. The first-order chi connectivity index (χ1) is 7.66. The maximum Gasteiger partial charge on any atom is 0.263 e. The second-order valence-corrected chi connectivity index (χ2v) is 5.53. The quantitative estimate of drug-likeness (QED) is 0.815. The normalized spacial score (nSPS) is 25.4. The third kappa shape index (κ3) is 2.59. The zero-order chi connectivity index (χ0) is 11.5. The predicted octanol–water partition coefficient (Wildman–Crippen LogP) is 1.18. The fraction of sp³-hybridized carbons (Fsp3) is 0.636. The third-order valence-electron chi connectivity index (χ3n) is 2.95. The molecule has 2 unspecified atom stereocenters. The average Bonchev–Trinajstić information content (AvgIpc) is 2.68. The van der Waals surface area contributed by atoms with Crippen LogP contribution in [0.15, 0.2) is 6.20 Å². The average molecular weight is 239 g/mol. The third-order valence-corrected chi connectivity index (χ3v) is 3.86. The van der Waals surface area contributed by atoms with E-state index in [4.69, 9.17) is 0 Å². The fourth-order valence-electron chi connectivity index (χ4n) is 1.93. The topological polar surface area (TPSA) is 54.0 Å². The van der Waals surface area contributed by atoms with Gasteiger partial charge in [-0.25, -0.2) is 4.98 Å². The molecule has 2 atom stereocenters. The lowest BCUT2D eigenvalue weighted by Crippen LogP contribution is -2.48. The smallest absolute Gasteiger partial charge is 0.263 e. The minimum absolute atomic E-state index is 0.0179. The van der Waals surface area contributed by atoms with Crippen LogP contribution < -0.4 is 10.6 Å². The van der Waals surface area contributed by atoms with Crippen molar-refractivity contribution in [2.24, 2.45) is 5.92 Å². The number of amides is 1. The number of carbonyl (C=O) groups is 1. The summed E-state index contributed by atoms with van der Waals surface area (Å²) in [6.45, 7) is 6.04. The van der Waals surface area contributed by atoms with Gasteiger partial charge in [0, 0.05) is 6.04 Å². The second kappa shape index (κ2) is 4.93. The first-order valence-corrected chi connectivity index (χ1v) is 6.42. The highest BCUT2D eigenvalue weighted by Gasteiger charge is 2.23. The van der Waals surface area contributed by atoms with Gasteiger partial charge in [-0.15, -0.1) is 11.3 Å². The second-order valence-electron chi connectivity index (χ2n) is 4.29. The van der Waals surface area contributed by atoms with Crippen LogP contribution in [-0.2, 0) is 0 Å². The Hall–Kier alpha value is -0.940. The van der Waals surface area contributed by atoms with Gasteiger partial charge in [-0.3, -0.25) is 4.79 Å². The molecular weight excluding hydrogens is 222 g/mol. The van der Waals surface area contributed by atoms with Crippen molar-refractivity contribution < 1.29 is 4.79 Å². The van der Waals surface area contributed by atoms with Crippen molar-refractivity contribution in [2.45, 2.75) is 26.3 Å². The molecule has 0 aliphatic carbocycles. The van der Waals surface area contributed by atoms with Crippen LogP contribution in [0.25, 0.3) is 0 Å². The van der Waals surface area contributed by atoms with Crippen molar-refractivity contribution >= 4 is 17.2 Å². The number of aryl methyl sites for hydroxylation is 1. The van der Waals surface area contributed by atoms with Crippen LogP contribution in [0.4, 0.5) is 0 Å². The first kappa shape index (κ1) is 11.5.